The summed E-state index contributed by atoms with van der Waals surface area (Å²) in [5.74, 6) is -0.157. The second-order valence-electron chi connectivity index (χ2n) is 4.66. The molecular formula is C13H18ClN3O4. The van der Waals surface area contributed by atoms with Crippen LogP contribution in [0.3, 0.4) is 0 Å². The molecule has 1 aliphatic heterocycles. The van der Waals surface area contributed by atoms with E-state index >= 15 is 0 Å². The van der Waals surface area contributed by atoms with Gasteiger partial charge in [-0.1, -0.05) is 0 Å². The van der Waals surface area contributed by atoms with Gasteiger partial charge in [-0.2, -0.15) is 0 Å². The maximum Gasteiger partial charge on any atom is 0.311 e. The van der Waals surface area contributed by atoms with E-state index in [9.17, 15) is 14.9 Å². The van der Waals surface area contributed by atoms with E-state index in [1.54, 1.807) is 0 Å². The molecule has 0 aliphatic carbocycles. The van der Waals surface area contributed by atoms with Crippen molar-refractivity contribution >= 4 is 24.0 Å². The quantitative estimate of drug-likeness (QED) is 0.649. The fraction of sp³-hybridized carbons (Fsp3) is 0.462. The Kier molecular flexibility index (Phi) is 6.39. The molecule has 0 spiro atoms. The number of ether oxygens (including phenoxy) is 1. The summed E-state index contributed by atoms with van der Waals surface area (Å²) in [6.07, 6.45) is 1.92. The van der Waals surface area contributed by atoms with E-state index in [1.165, 1.54) is 25.3 Å². The van der Waals surface area contributed by atoms with Gasteiger partial charge in [-0.3, -0.25) is 14.9 Å². The first-order chi connectivity index (χ1) is 9.61. The number of nitro benzene ring substituents is 1. The van der Waals surface area contributed by atoms with Gasteiger partial charge in [0.2, 0.25) is 0 Å². The van der Waals surface area contributed by atoms with E-state index in [0.29, 0.717) is 0 Å². The summed E-state index contributed by atoms with van der Waals surface area (Å²) in [4.78, 5) is 22.5. The summed E-state index contributed by atoms with van der Waals surface area (Å²) in [7, 11) is 1.36. The molecule has 1 heterocycles. The minimum absolute atomic E-state index is 0. The van der Waals surface area contributed by atoms with Crippen molar-refractivity contribution < 1.29 is 14.5 Å². The minimum Gasteiger partial charge on any atom is -0.490 e. The van der Waals surface area contributed by atoms with Crippen molar-refractivity contribution in [2.75, 3.05) is 20.2 Å². The average Bonchev–Trinajstić information content (AvgIpc) is 2.47. The lowest BCUT2D eigenvalue weighted by Gasteiger charge is -2.23. The predicted molar refractivity (Wildman–Crippen MR) is 80.3 cm³/mol. The van der Waals surface area contributed by atoms with Crippen LogP contribution in [0.15, 0.2) is 18.2 Å². The molecule has 1 amide bonds. The number of benzene rings is 1. The maximum atomic E-state index is 12.1. The number of rotatable bonds is 4. The molecule has 0 radical (unpaired) electrons. The van der Waals surface area contributed by atoms with E-state index in [4.69, 9.17) is 4.74 Å². The first-order valence-corrected chi connectivity index (χ1v) is 6.46. The highest BCUT2D eigenvalue weighted by atomic mass is 35.5. The van der Waals surface area contributed by atoms with Gasteiger partial charge in [0, 0.05) is 24.2 Å². The summed E-state index contributed by atoms with van der Waals surface area (Å²) in [5.41, 5.74) is 0.0602. The van der Waals surface area contributed by atoms with Crippen molar-refractivity contribution in [3.05, 3.63) is 33.9 Å². The Labute approximate surface area is 128 Å². The minimum atomic E-state index is -0.558. The second kappa shape index (κ2) is 7.80. The Morgan fingerprint density at radius 3 is 2.86 bits per heavy atom. The van der Waals surface area contributed by atoms with Gasteiger partial charge in [0.25, 0.3) is 5.91 Å². The molecule has 0 bridgehead atoms. The number of nitrogens with one attached hydrogen (secondary N) is 2. The summed E-state index contributed by atoms with van der Waals surface area (Å²) >= 11 is 0. The van der Waals surface area contributed by atoms with Gasteiger partial charge in [-0.15, -0.1) is 12.4 Å². The molecule has 116 valence electrons. The number of piperidine rings is 1. The van der Waals surface area contributed by atoms with Crippen LogP contribution < -0.4 is 15.4 Å². The first-order valence-electron chi connectivity index (χ1n) is 6.46. The molecule has 0 aromatic heterocycles. The second-order valence-corrected chi connectivity index (χ2v) is 4.66. The lowest BCUT2D eigenvalue weighted by atomic mass is 10.1. The molecule has 21 heavy (non-hydrogen) atoms. The van der Waals surface area contributed by atoms with E-state index in [1.807, 2.05) is 0 Å². The van der Waals surface area contributed by atoms with Crippen molar-refractivity contribution in [3.63, 3.8) is 0 Å². The Morgan fingerprint density at radius 2 is 2.29 bits per heavy atom. The number of amides is 1. The molecule has 1 fully saturated rings. The number of carbonyl (C=O) groups is 1. The van der Waals surface area contributed by atoms with Crippen LogP contribution >= 0.6 is 12.4 Å². The SMILES string of the molecule is COc1ccc(C(=O)N[C@H]2CCCNC2)cc1[N+](=O)[O-].Cl. The van der Waals surface area contributed by atoms with Crippen LogP contribution in [-0.2, 0) is 0 Å². The van der Waals surface area contributed by atoms with Crippen molar-refractivity contribution in [1.29, 1.82) is 0 Å². The molecule has 1 saturated heterocycles. The Bertz CT molecular complexity index is 518. The molecule has 1 aliphatic rings. The van der Waals surface area contributed by atoms with Gasteiger partial charge < -0.3 is 15.4 Å². The van der Waals surface area contributed by atoms with Crippen molar-refractivity contribution in [1.82, 2.24) is 10.6 Å². The third-order valence-electron chi connectivity index (χ3n) is 3.27. The van der Waals surface area contributed by atoms with E-state index in [-0.39, 0.29) is 41.4 Å². The lowest BCUT2D eigenvalue weighted by molar-refractivity contribution is -0.385. The largest absolute Gasteiger partial charge is 0.490 e. The normalized spacial score (nSPS) is 17.5. The molecule has 0 unspecified atom stereocenters. The summed E-state index contributed by atoms with van der Waals surface area (Å²) in [5, 5.41) is 17.0. The smallest absolute Gasteiger partial charge is 0.311 e. The summed E-state index contributed by atoms with van der Waals surface area (Å²) in [6.45, 7) is 1.68. The Balaban J connectivity index is 0.00000220. The highest BCUT2D eigenvalue weighted by Gasteiger charge is 2.20. The van der Waals surface area contributed by atoms with Gasteiger partial charge in [0.05, 0.1) is 12.0 Å². The third-order valence-corrected chi connectivity index (χ3v) is 3.27. The molecule has 0 saturated carbocycles. The van der Waals surface area contributed by atoms with Crippen LogP contribution in [-0.4, -0.2) is 37.1 Å². The van der Waals surface area contributed by atoms with Crippen LogP contribution in [0.4, 0.5) is 5.69 Å². The zero-order chi connectivity index (χ0) is 14.5. The van der Waals surface area contributed by atoms with Crippen LogP contribution in [0.1, 0.15) is 23.2 Å². The molecule has 7 nitrogen and oxygen atoms in total. The van der Waals surface area contributed by atoms with Crippen molar-refractivity contribution in [3.8, 4) is 5.75 Å². The highest BCUT2D eigenvalue weighted by molar-refractivity contribution is 5.95. The molecule has 1 aromatic carbocycles. The monoisotopic (exact) mass is 315 g/mol. The number of halogens is 1. The van der Waals surface area contributed by atoms with E-state index in [2.05, 4.69) is 10.6 Å². The molecule has 1 atom stereocenters. The molecule has 2 N–H and O–H groups in total. The summed E-state index contributed by atoms with van der Waals surface area (Å²) in [6, 6.07) is 4.27. The third kappa shape index (κ3) is 4.30. The van der Waals surface area contributed by atoms with Crippen molar-refractivity contribution in [2.45, 2.75) is 18.9 Å². The van der Waals surface area contributed by atoms with Crippen LogP contribution in [0.25, 0.3) is 0 Å². The van der Waals surface area contributed by atoms with Crippen molar-refractivity contribution in [2.24, 2.45) is 0 Å². The predicted octanol–water partition coefficient (Wildman–Crippen LogP) is 1.51. The molecule has 2 rings (SSSR count). The van der Waals surface area contributed by atoms with E-state index < -0.39 is 4.92 Å². The molecule has 1 aromatic rings. The first kappa shape index (κ1) is 17.2. The number of hydrogen-bond donors (Lipinski definition) is 2. The fourth-order valence-corrected chi connectivity index (χ4v) is 2.22. The van der Waals surface area contributed by atoms with Gasteiger partial charge in [0.15, 0.2) is 5.75 Å². The van der Waals surface area contributed by atoms with Gasteiger partial charge in [-0.25, -0.2) is 0 Å². The molecule has 8 heteroatoms. The van der Waals surface area contributed by atoms with Crippen LogP contribution in [0, 0.1) is 10.1 Å². The Hall–Kier alpha value is -1.86. The maximum absolute atomic E-state index is 12.1. The summed E-state index contributed by atoms with van der Waals surface area (Å²) < 4.78 is 4.91. The van der Waals surface area contributed by atoms with Crippen LogP contribution in [0.5, 0.6) is 5.75 Å². The van der Waals surface area contributed by atoms with Gasteiger partial charge in [0.1, 0.15) is 0 Å². The average molecular weight is 316 g/mol. The van der Waals surface area contributed by atoms with Gasteiger partial charge in [-0.05, 0) is 31.5 Å². The topological polar surface area (TPSA) is 93.5 Å². The number of nitro groups is 1. The standard InChI is InChI=1S/C13H17N3O4.ClH/c1-20-12-5-4-9(7-11(12)16(18)19)13(17)15-10-3-2-6-14-8-10;/h4-5,7,10,14H,2-3,6,8H2,1H3,(H,15,17);1H/t10-;/m0./s1. The zero-order valence-corrected chi connectivity index (χ0v) is 12.4. The number of methoxy groups -OCH3 is 1. The lowest BCUT2D eigenvalue weighted by Crippen LogP contribution is -2.45. The Morgan fingerprint density at radius 1 is 1.52 bits per heavy atom. The van der Waals surface area contributed by atoms with Crippen LogP contribution in [0.2, 0.25) is 0 Å². The highest BCUT2D eigenvalue weighted by Crippen LogP contribution is 2.27. The van der Waals surface area contributed by atoms with E-state index in [0.717, 1.165) is 25.9 Å². The fourth-order valence-electron chi connectivity index (χ4n) is 2.22. The van der Waals surface area contributed by atoms with Gasteiger partial charge >= 0.3 is 5.69 Å². The number of carbonyl (C=O) groups excluding carboxylic acids is 1. The zero-order valence-electron chi connectivity index (χ0n) is 11.6. The number of nitrogens with zero attached hydrogens (tertiary/aromatic N) is 1. The number of hydrogen-bond acceptors (Lipinski definition) is 5. The molecular weight excluding hydrogens is 298 g/mol.